The minimum atomic E-state index is 0.776. The molecule has 0 aliphatic heterocycles. The normalized spacial score (nSPS) is 12.8. The average Bonchev–Trinajstić information content (AvgIpc) is 2.75. The van der Waals surface area contributed by atoms with Crippen LogP contribution >= 0.6 is 0 Å². The Hall–Kier alpha value is -0.260. The Labute approximate surface area is 193 Å². The van der Waals surface area contributed by atoms with Crippen molar-refractivity contribution >= 4 is 0 Å². The third-order valence-electron chi connectivity index (χ3n) is 6.49. The second kappa shape index (κ2) is 26.8. The summed E-state index contributed by atoms with van der Waals surface area (Å²) in [5, 5.41) is 0. The summed E-state index contributed by atoms with van der Waals surface area (Å²) in [7, 11) is 0. The fraction of sp³-hybridized carbons (Fsp3) is 0.867. The first-order valence-corrected chi connectivity index (χ1v) is 14.1. The van der Waals surface area contributed by atoms with Crippen molar-refractivity contribution in [2.45, 2.75) is 161 Å². The quantitative estimate of drug-likeness (QED) is 0.102. The standard InChI is InChI=1S/C30H58/c1-4-6-8-10-12-13-14-15-16-17-18-19-20-21-23-25-27-29-30(3)28-26-24-22-11-9-7-5-2/h26,28,30H,1-2,4-25,27,29H2,3H3. The zero-order chi connectivity index (χ0) is 22.0. The molecule has 0 aliphatic carbocycles. The number of allylic oxidation sites excluding steroid dienone is 2. The Morgan fingerprint density at radius 3 is 1.20 bits per heavy atom. The zero-order valence-corrected chi connectivity index (χ0v) is 21.1. The predicted octanol–water partition coefficient (Wildman–Crippen LogP) is 11.2. The lowest BCUT2D eigenvalue weighted by Gasteiger charge is -2.06. The SMILES string of the molecule is [CH2]CCCCCCC=CC(C)CCCCCCCCCCCCCCCCCC[CH2]. The molecule has 0 aromatic heterocycles. The van der Waals surface area contributed by atoms with Crippen LogP contribution in [0.25, 0.3) is 0 Å². The average molecular weight is 419 g/mol. The highest BCUT2D eigenvalue weighted by Gasteiger charge is 1.98. The van der Waals surface area contributed by atoms with Gasteiger partial charge in [0.1, 0.15) is 0 Å². The van der Waals surface area contributed by atoms with Gasteiger partial charge < -0.3 is 0 Å². The van der Waals surface area contributed by atoms with Gasteiger partial charge in [-0.1, -0.05) is 168 Å². The lowest BCUT2D eigenvalue weighted by Crippen LogP contribution is -1.90. The van der Waals surface area contributed by atoms with Crippen LogP contribution in [-0.4, -0.2) is 0 Å². The van der Waals surface area contributed by atoms with E-state index in [0.29, 0.717) is 0 Å². The second-order valence-corrected chi connectivity index (χ2v) is 9.76. The molecule has 30 heavy (non-hydrogen) atoms. The molecule has 0 amide bonds. The van der Waals surface area contributed by atoms with Gasteiger partial charge in [-0.25, -0.2) is 0 Å². The highest BCUT2D eigenvalue weighted by molar-refractivity contribution is 4.86. The summed E-state index contributed by atoms with van der Waals surface area (Å²) in [6, 6.07) is 0. The van der Waals surface area contributed by atoms with E-state index in [-0.39, 0.29) is 0 Å². The van der Waals surface area contributed by atoms with E-state index in [1.807, 2.05) is 0 Å². The second-order valence-electron chi connectivity index (χ2n) is 9.76. The van der Waals surface area contributed by atoms with E-state index in [2.05, 4.69) is 32.9 Å². The number of unbranched alkanes of at least 4 members (excludes halogenated alkanes) is 21. The summed E-state index contributed by atoms with van der Waals surface area (Å²) in [6.07, 6.45) is 38.3. The van der Waals surface area contributed by atoms with Gasteiger partial charge in [0.15, 0.2) is 0 Å². The van der Waals surface area contributed by atoms with Crippen LogP contribution in [0.2, 0.25) is 0 Å². The Morgan fingerprint density at radius 2 is 0.800 bits per heavy atom. The minimum Gasteiger partial charge on any atom is -0.0883 e. The fourth-order valence-electron chi connectivity index (χ4n) is 4.34. The topological polar surface area (TPSA) is 0 Å². The molecule has 0 saturated heterocycles. The van der Waals surface area contributed by atoms with E-state index in [9.17, 15) is 0 Å². The van der Waals surface area contributed by atoms with E-state index in [0.717, 1.165) is 18.8 Å². The molecule has 2 radical (unpaired) electrons. The lowest BCUT2D eigenvalue weighted by atomic mass is 10.00. The summed E-state index contributed by atoms with van der Waals surface area (Å²) < 4.78 is 0. The van der Waals surface area contributed by atoms with Crippen LogP contribution in [0.4, 0.5) is 0 Å². The van der Waals surface area contributed by atoms with Crippen LogP contribution in [-0.2, 0) is 0 Å². The van der Waals surface area contributed by atoms with Gasteiger partial charge in [-0.05, 0) is 25.2 Å². The van der Waals surface area contributed by atoms with Crippen molar-refractivity contribution in [3.8, 4) is 0 Å². The molecule has 0 fully saturated rings. The molecule has 0 aromatic rings. The van der Waals surface area contributed by atoms with Gasteiger partial charge in [0.2, 0.25) is 0 Å². The van der Waals surface area contributed by atoms with Gasteiger partial charge in [0, 0.05) is 0 Å². The van der Waals surface area contributed by atoms with E-state index in [4.69, 9.17) is 0 Å². The molecule has 178 valence electrons. The zero-order valence-electron chi connectivity index (χ0n) is 21.1. The molecule has 0 rings (SSSR count). The third-order valence-corrected chi connectivity index (χ3v) is 6.49. The molecular weight excluding hydrogens is 360 g/mol. The molecule has 0 spiro atoms. The van der Waals surface area contributed by atoms with Crippen molar-refractivity contribution in [2.24, 2.45) is 5.92 Å². The molecule has 0 saturated carbocycles. The molecule has 0 heterocycles. The van der Waals surface area contributed by atoms with Gasteiger partial charge in [-0.2, -0.15) is 0 Å². The highest BCUT2D eigenvalue weighted by atomic mass is 14.0. The first-order chi connectivity index (χ1) is 14.8. The van der Waals surface area contributed by atoms with Gasteiger partial charge >= 0.3 is 0 Å². The molecule has 1 atom stereocenters. The van der Waals surface area contributed by atoms with Crippen molar-refractivity contribution in [2.75, 3.05) is 0 Å². The summed E-state index contributed by atoms with van der Waals surface area (Å²) in [6.45, 7) is 10.2. The number of rotatable bonds is 25. The van der Waals surface area contributed by atoms with Crippen LogP contribution in [0.15, 0.2) is 12.2 Å². The maximum Gasteiger partial charge on any atom is -0.0262 e. The van der Waals surface area contributed by atoms with Crippen molar-refractivity contribution in [1.29, 1.82) is 0 Å². The largest absolute Gasteiger partial charge is 0.0883 e. The van der Waals surface area contributed by atoms with E-state index in [1.165, 1.54) is 141 Å². The van der Waals surface area contributed by atoms with Gasteiger partial charge in [0.25, 0.3) is 0 Å². The van der Waals surface area contributed by atoms with Gasteiger partial charge in [-0.15, -0.1) is 0 Å². The number of hydrogen-bond acceptors (Lipinski definition) is 0. The Balaban J connectivity index is 3.16. The van der Waals surface area contributed by atoms with Crippen molar-refractivity contribution in [3.05, 3.63) is 26.0 Å². The summed E-state index contributed by atoms with van der Waals surface area (Å²) in [5.41, 5.74) is 0. The first kappa shape index (κ1) is 29.7. The molecule has 0 aliphatic rings. The van der Waals surface area contributed by atoms with Gasteiger partial charge in [0.05, 0.1) is 0 Å². The molecule has 0 bridgehead atoms. The molecule has 1 unspecified atom stereocenters. The van der Waals surface area contributed by atoms with Crippen LogP contribution in [0.1, 0.15) is 161 Å². The maximum absolute atomic E-state index is 3.92. The van der Waals surface area contributed by atoms with E-state index in [1.54, 1.807) is 0 Å². The Kier molecular flexibility index (Phi) is 26.5. The predicted molar refractivity (Wildman–Crippen MR) is 140 cm³/mol. The van der Waals surface area contributed by atoms with Crippen molar-refractivity contribution < 1.29 is 0 Å². The highest BCUT2D eigenvalue weighted by Crippen LogP contribution is 2.16. The number of hydrogen-bond donors (Lipinski definition) is 0. The summed E-state index contributed by atoms with van der Waals surface area (Å²) >= 11 is 0. The summed E-state index contributed by atoms with van der Waals surface area (Å²) in [4.78, 5) is 0. The molecule has 0 heteroatoms. The van der Waals surface area contributed by atoms with Crippen LogP contribution in [0, 0.1) is 19.8 Å². The monoisotopic (exact) mass is 418 g/mol. The molecular formula is C30H58. The molecule has 0 aromatic carbocycles. The van der Waals surface area contributed by atoms with E-state index < -0.39 is 0 Å². The Morgan fingerprint density at radius 1 is 0.467 bits per heavy atom. The maximum atomic E-state index is 3.92. The van der Waals surface area contributed by atoms with Crippen molar-refractivity contribution in [3.63, 3.8) is 0 Å². The van der Waals surface area contributed by atoms with Crippen LogP contribution < -0.4 is 0 Å². The fourth-order valence-corrected chi connectivity index (χ4v) is 4.34. The molecule has 0 N–H and O–H groups in total. The smallest absolute Gasteiger partial charge is 0.0262 e. The minimum absolute atomic E-state index is 0.776. The summed E-state index contributed by atoms with van der Waals surface area (Å²) in [5.74, 6) is 0.776. The Bertz CT molecular complexity index is 316. The van der Waals surface area contributed by atoms with Crippen LogP contribution in [0.5, 0.6) is 0 Å². The third kappa shape index (κ3) is 25.8. The molecule has 0 nitrogen and oxygen atoms in total. The lowest BCUT2D eigenvalue weighted by molar-refractivity contribution is 0.515. The van der Waals surface area contributed by atoms with E-state index >= 15 is 0 Å². The van der Waals surface area contributed by atoms with Gasteiger partial charge in [-0.3, -0.25) is 0 Å². The van der Waals surface area contributed by atoms with Crippen molar-refractivity contribution in [1.82, 2.24) is 0 Å². The van der Waals surface area contributed by atoms with Crippen LogP contribution in [0.3, 0.4) is 0 Å². The first-order valence-electron chi connectivity index (χ1n) is 14.1.